The smallest absolute Gasteiger partial charge is 0.319 e. The van der Waals surface area contributed by atoms with Crippen LogP contribution in [0.25, 0.3) is 0 Å². The van der Waals surface area contributed by atoms with Crippen molar-refractivity contribution in [2.24, 2.45) is 0 Å². The van der Waals surface area contributed by atoms with E-state index in [9.17, 15) is 4.79 Å². The third-order valence-electron chi connectivity index (χ3n) is 2.99. The number of hydrogen-bond donors (Lipinski definition) is 2. The SMILES string of the molecule is CCOc1ccc(NC(=O)N[C@H](C)c2nc(C)no2)cc1C. The molecule has 0 unspecified atom stereocenters. The number of nitrogens with one attached hydrogen (secondary N) is 2. The lowest BCUT2D eigenvalue weighted by Crippen LogP contribution is -2.31. The fourth-order valence-electron chi connectivity index (χ4n) is 1.96. The van der Waals surface area contributed by atoms with Crippen molar-refractivity contribution < 1.29 is 14.1 Å². The van der Waals surface area contributed by atoms with Crippen LogP contribution in [0.2, 0.25) is 0 Å². The standard InChI is InChI=1S/C15H20N4O3/c1-5-21-13-7-6-12(8-9(13)2)18-15(20)16-10(3)14-17-11(4)19-22-14/h6-8,10H,5H2,1-4H3,(H2,16,18,20)/t10-/m1/s1. The molecule has 0 aliphatic heterocycles. The molecule has 2 rings (SSSR count). The highest BCUT2D eigenvalue weighted by Crippen LogP contribution is 2.22. The molecular weight excluding hydrogens is 284 g/mol. The number of hydrogen-bond acceptors (Lipinski definition) is 5. The largest absolute Gasteiger partial charge is 0.494 e. The Hall–Kier alpha value is -2.57. The van der Waals surface area contributed by atoms with E-state index in [0.717, 1.165) is 11.3 Å². The van der Waals surface area contributed by atoms with E-state index in [1.807, 2.05) is 26.0 Å². The maximum atomic E-state index is 12.0. The Labute approximate surface area is 129 Å². The molecule has 2 aromatic rings. The molecule has 0 aliphatic rings. The van der Waals surface area contributed by atoms with E-state index in [0.29, 0.717) is 24.0 Å². The van der Waals surface area contributed by atoms with E-state index in [-0.39, 0.29) is 12.1 Å². The maximum Gasteiger partial charge on any atom is 0.319 e. The van der Waals surface area contributed by atoms with Crippen molar-refractivity contribution in [2.45, 2.75) is 33.7 Å². The number of carbonyl (C=O) groups excluding carboxylic acids is 1. The topological polar surface area (TPSA) is 89.3 Å². The van der Waals surface area contributed by atoms with Gasteiger partial charge in [0.2, 0.25) is 5.89 Å². The second-order valence-electron chi connectivity index (χ2n) is 4.91. The molecule has 0 spiro atoms. The summed E-state index contributed by atoms with van der Waals surface area (Å²) in [5.41, 5.74) is 1.65. The predicted octanol–water partition coefficient (Wildman–Crippen LogP) is 2.97. The maximum absolute atomic E-state index is 12.0. The van der Waals surface area contributed by atoms with Gasteiger partial charge in [0, 0.05) is 5.69 Å². The molecule has 118 valence electrons. The van der Waals surface area contributed by atoms with Crippen molar-refractivity contribution in [3.8, 4) is 5.75 Å². The van der Waals surface area contributed by atoms with Crippen molar-refractivity contribution in [2.75, 3.05) is 11.9 Å². The van der Waals surface area contributed by atoms with Gasteiger partial charge in [0.05, 0.1) is 6.61 Å². The Morgan fingerprint density at radius 3 is 2.77 bits per heavy atom. The summed E-state index contributed by atoms with van der Waals surface area (Å²) in [6, 6.07) is 4.77. The summed E-state index contributed by atoms with van der Waals surface area (Å²) in [5.74, 6) is 1.71. The minimum atomic E-state index is -0.370. The van der Waals surface area contributed by atoms with Crippen LogP contribution in [-0.4, -0.2) is 22.8 Å². The monoisotopic (exact) mass is 304 g/mol. The number of nitrogens with zero attached hydrogens (tertiary/aromatic N) is 2. The molecule has 7 nitrogen and oxygen atoms in total. The molecule has 22 heavy (non-hydrogen) atoms. The van der Waals surface area contributed by atoms with Crippen LogP contribution >= 0.6 is 0 Å². The van der Waals surface area contributed by atoms with Crippen molar-refractivity contribution in [3.63, 3.8) is 0 Å². The average molecular weight is 304 g/mol. The first-order valence-electron chi connectivity index (χ1n) is 7.10. The number of ether oxygens (including phenoxy) is 1. The van der Waals surface area contributed by atoms with Gasteiger partial charge in [-0.3, -0.25) is 0 Å². The Morgan fingerprint density at radius 2 is 2.18 bits per heavy atom. The summed E-state index contributed by atoms with van der Waals surface area (Å²) in [5, 5.41) is 9.20. The zero-order valence-electron chi connectivity index (χ0n) is 13.1. The molecule has 1 aromatic carbocycles. The van der Waals surface area contributed by atoms with Crippen LogP contribution in [0.3, 0.4) is 0 Å². The average Bonchev–Trinajstić information content (AvgIpc) is 2.88. The van der Waals surface area contributed by atoms with Crippen LogP contribution in [0.15, 0.2) is 22.7 Å². The first-order valence-corrected chi connectivity index (χ1v) is 7.10. The van der Waals surface area contributed by atoms with Crippen LogP contribution in [0, 0.1) is 13.8 Å². The van der Waals surface area contributed by atoms with Gasteiger partial charge in [0.1, 0.15) is 11.8 Å². The van der Waals surface area contributed by atoms with Crippen LogP contribution in [0.5, 0.6) is 5.75 Å². The van der Waals surface area contributed by atoms with E-state index in [1.165, 1.54) is 0 Å². The van der Waals surface area contributed by atoms with Gasteiger partial charge in [0.15, 0.2) is 5.82 Å². The second-order valence-corrected chi connectivity index (χ2v) is 4.91. The first kappa shape index (κ1) is 15.8. The van der Waals surface area contributed by atoms with Gasteiger partial charge in [-0.1, -0.05) is 5.16 Å². The van der Waals surface area contributed by atoms with Crippen molar-refractivity contribution in [3.05, 3.63) is 35.5 Å². The predicted molar refractivity (Wildman–Crippen MR) is 82.0 cm³/mol. The number of amides is 2. The van der Waals surface area contributed by atoms with Crippen molar-refractivity contribution >= 4 is 11.7 Å². The number of aryl methyl sites for hydroxylation is 2. The number of anilines is 1. The lowest BCUT2D eigenvalue weighted by Gasteiger charge is -2.13. The van der Waals surface area contributed by atoms with Gasteiger partial charge in [-0.05, 0) is 51.5 Å². The fourth-order valence-corrected chi connectivity index (χ4v) is 1.96. The van der Waals surface area contributed by atoms with Crippen LogP contribution in [0.4, 0.5) is 10.5 Å². The van der Waals surface area contributed by atoms with Gasteiger partial charge < -0.3 is 19.9 Å². The Balaban J connectivity index is 1.95. The summed E-state index contributed by atoms with van der Waals surface area (Å²) in [4.78, 5) is 16.1. The molecule has 2 amide bonds. The van der Waals surface area contributed by atoms with Gasteiger partial charge in [-0.2, -0.15) is 4.98 Å². The van der Waals surface area contributed by atoms with Gasteiger partial charge >= 0.3 is 6.03 Å². The molecule has 0 saturated heterocycles. The second kappa shape index (κ2) is 6.93. The molecule has 0 saturated carbocycles. The van der Waals surface area contributed by atoms with Gasteiger partial charge in [-0.15, -0.1) is 0 Å². The lowest BCUT2D eigenvalue weighted by molar-refractivity contribution is 0.245. The fraction of sp³-hybridized carbons (Fsp3) is 0.400. The lowest BCUT2D eigenvalue weighted by atomic mass is 10.2. The Bertz CT molecular complexity index is 654. The van der Waals surface area contributed by atoms with Crippen LogP contribution < -0.4 is 15.4 Å². The summed E-state index contributed by atoms with van der Waals surface area (Å²) < 4.78 is 10.5. The highest BCUT2D eigenvalue weighted by Gasteiger charge is 2.15. The summed E-state index contributed by atoms with van der Waals surface area (Å²) >= 11 is 0. The normalized spacial score (nSPS) is 11.8. The number of carbonyl (C=O) groups is 1. The van der Waals surface area contributed by atoms with E-state index in [4.69, 9.17) is 9.26 Å². The number of benzene rings is 1. The molecule has 1 heterocycles. The molecule has 0 aliphatic carbocycles. The first-order chi connectivity index (χ1) is 10.5. The van der Waals surface area contributed by atoms with Crippen LogP contribution in [0.1, 0.15) is 37.2 Å². The van der Waals surface area contributed by atoms with E-state index in [2.05, 4.69) is 20.8 Å². The summed E-state index contributed by atoms with van der Waals surface area (Å²) in [7, 11) is 0. The van der Waals surface area contributed by atoms with Gasteiger partial charge in [0.25, 0.3) is 0 Å². The molecule has 0 bridgehead atoms. The highest BCUT2D eigenvalue weighted by molar-refractivity contribution is 5.89. The molecule has 1 atom stereocenters. The van der Waals surface area contributed by atoms with Crippen LogP contribution in [-0.2, 0) is 0 Å². The highest BCUT2D eigenvalue weighted by atomic mass is 16.5. The Kier molecular flexibility index (Phi) is 4.98. The van der Waals surface area contributed by atoms with E-state index >= 15 is 0 Å². The molecule has 0 radical (unpaired) electrons. The summed E-state index contributed by atoms with van der Waals surface area (Å²) in [6.07, 6.45) is 0. The number of urea groups is 1. The zero-order chi connectivity index (χ0) is 16.1. The molecule has 7 heteroatoms. The Morgan fingerprint density at radius 1 is 1.41 bits per heavy atom. The van der Waals surface area contributed by atoms with Crippen molar-refractivity contribution in [1.29, 1.82) is 0 Å². The number of aromatic nitrogens is 2. The zero-order valence-corrected chi connectivity index (χ0v) is 13.1. The summed E-state index contributed by atoms with van der Waals surface area (Å²) in [6.45, 7) is 7.96. The quantitative estimate of drug-likeness (QED) is 0.886. The van der Waals surface area contributed by atoms with E-state index in [1.54, 1.807) is 19.9 Å². The molecular formula is C15H20N4O3. The third kappa shape index (κ3) is 3.97. The van der Waals surface area contributed by atoms with Gasteiger partial charge in [-0.25, -0.2) is 4.79 Å². The minimum absolute atomic E-state index is 0.341. The molecule has 2 N–H and O–H groups in total. The van der Waals surface area contributed by atoms with Crippen molar-refractivity contribution in [1.82, 2.24) is 15.5 Å². The van der Waals surface area contributed by atoms with E-state index < -0.39 is 0 Å². The third-order valence-corrected chi connectivity index (χ3v) is 2.99. The minimum Gasteiger partial charge on any atom is -0.494 e. The molecule has 1 aromatic heterocycles. The number of rotatable bonds is 5. The molecule has 0 fully saturated rings.